The number of halogens is 2. The Morgan fingerprint density at radius 1 is 1.25 bits per heavy atom. The van der Waals surface area contributed by atoms with Gasteiger partial charge in [0, 0.05) is 16.1 Å². The van der Waals surface area contributed by atoms with Crippen molar-refractivity contribution >= 4 is 11.6 Å². The molecular formula is C12H15ClFNO. The van der Waals surface area contributed by atoms with Crippen molar-refractivity contribution in [2.24, 2.45) is 5.73 Å². The van der Waals surface area contributed by atoms with E-state index in [1.54, 1.807) is 0 Å². The topological polar surface area (TPSA) is 46.2 Å². The summed E-state index contributed by atoms with van der Waals surface area (Å²) in [5, 5.41) is 10.1. The van der Waals surface area contributed by atoms with E-state index in [0.717, 1.165) is 38.2 Å². The molecule has 16 heavy (non-hydrogen) atoms. The largest absolute Gasteiger partial charge is 0.505 e. The van der Waals surface area contributed by atoms with E-state index in [9.17, 15) is 9.50 Å². The van der Waals surface area contributed by atoms with Gasteiger partial charge in [-0.1, -0.05) is 30.9 Å². The van der Waals surface area contributed by atoms with Crippen LogP contribution in [0.3, 0.4) is 0 Å². The van der Waals surface area contributed by atoms with Gasteiger partial charge in [-0.25, -0.2) is 4.39 Å². The van der Waals surface area contributed by atoms with Crippen molar-refractivity contribution in [1.82, 2.24) is 0 Å². The maximum Gasteiger partial charge on any atom is 0.165 e. The van der Waals surface area contributed by atoms with Crippen LogP contribution in [0.4, 0.5) is 4.39 Å². The van der Waals surface area contributed by atoms with Gasteiger partial charge in [-0.3, -0.25) is 0 Å². The first kappa shape index (κ1) is 11.7. The summed E-state index contributed by atoms with van der Waals surface area (Å²) in [6, 6.07) is 2.61. The first-order valence-electron chi connectivity index (χ1n) is 5.51. The number of rotatable bonds is 1. The molecule has 1 aromatic carbocycles. The lowest BCUT2D eigenvalue weighted by atomic mass is 9.77. The lowest BCUT2D eigenvalue weighted by molar-refractivity contribution is 0.288. The van der Waals surface area contributed by atoms with Crippen LogP contribution < -0.4 is 5.73 Å². The maximum absolute atomic E-state index is 13.3. The molecule has 2 nitrogen and oxygen atoms in total. The smallest absolute Gasteiger partial charge is 0.165 e. The van der Waals surface area contributed by atoms with Crippen molar-refractivity contribution in [3.8, 4) is 5.75 Å². The lowest BCUT2D eigenvalue weighted by Crippen LogP contribution is -2.39. The maximum atomic E-state index is 13.3. The molecule has 0 radical (unpaired) electrons. The van der Waals surface area contributed by atoms with E-state index in [2.05, 4.69) is 0 Å². The summed E-state index contributed by atoms with van der Waals surface area (Å²) in [5.41, 5.74) is 5.93. The summed E-state index contributed by atoms with van der Waals surface area (Å²) in [7, 11) is 0. The lowest BCUT2D eigenvalue weighted by Gasteiger charge is -2.35. The number of hydrogen-bond acceptors (Lipinski definition) is 2. The Morgan fingerprint density at radius 2 is 1.88 bits per heavy atom. The van der Waals surface area contributed by atoms with Crippen LogP contribution in [0.2, 0.25) is 5.02 Å². The second kappa shape index (κ2) is 4.22. The van der Waals surface area contributed by atoms with E-state index in [-0.39, 0.29) is 0 Å². The SMILES string of the molecule is NC1(c2c(Cl)ccc(F)c2O)CCCCC1. The fourth-order valence-corrected chi connectivity index (χ4v) is 2.79. The second-order valence-electron chi connectivity index (χ2n) is 4.47. The number of phenols is 1. The molecule has 1 saturated carbocycles. The summed E-state index contributed by atoms with van der Waals surface area (Å²) < 4.78 is 13.3. The minimum atomic E-state index is -0.679. The van der Waals surface area contributed by atoms with Gasteiger partial charge in [-0.2, -0.15) is 0 Å². The van der Waals surface area contributed by atoms with Crippen molar-refractivity contribution in [2.75, 3.05) is 0 Å². The van der Waals surface area contributed by atoms with Gasteiger partial charge in [0.15, 0.2) is 11.6 Å². The molecule has 3 N–H and O–H groups in total. The Balaban J connectivity index is 2.49. The van der Waals surface area contributed by atoms with Gasteiger partial charge in [-0.05, 0) is 25.0 Å². The molecular weight excluding hydrogens is 229 g/mol. The summed E-state index contributed by atoms with van der Waals surface area (Å²) >= 11 is 6.02. The predicted molar refractivity (Wildman–Crippen MR) is 62.0 cm³/mol. The summed E-state index contributed by atoms with van der Waals surface area (Å²) in [5.74, 6) is -1.05. The van der Waals surface area contributed by atoms with Crippen LogP contribution in [0.5, 0.6) is 5.75 Å². The summed E-state index contributed by atoms with van der Waals surface area (Å²) in [6.45, 7) is 0. The molecule has 0 amide bonds. The van der Waals surface area contributed by atoms with Crippen molar-refractivity contribution in [2.45, 2.75) is 37.6 Å². The zero-order chi connectivity index (χ0) is 11.8. The van der Waals surface area contributed by atoms with Gasteiger partial charge >= 0.3 is 0 Å². The minimum Gasteiger partial charge on any atom is -0.505 e. The number of nitrogens with two attached hydrogens (primary N) is 1. The third-order valence-corrected chi connectivity index (χ3v) is 3.64. The quantitative estimate of drug-likeness (QED) is 0.795. The highest BCUT2D eigenvalue weighted by Gasteiger charge is 2.34. The molecule has 1 aliphatic carbocycles. The average Bonchev–Trinajstić information content (AvgIpc) is 2.25. The molecule has 0 saturated heterocycles. The Morgan fingerprint density at radius 3 is 2.50 bits per heavy atom. The standard InChI is InChI=1S/C12H15ClFNO/c13-8-4-5-9(14)11(16)10(8)12(15)6-2-1-3-7-12/h4-5,16H,1-3,6-7,15H2. The molecule has 0 bridgehead atoms. The van der Waals surface area contributed by atoms with Crippen molar-refractivity contribution in [3.05, 3.63) is 28.5 Å². The monoisotopic (exact) mass is 243 g/mol. The molecule has 0 unspecified atom stereocenters. The van der Waals surface area contributed by atoms with E-state index >= 15 is 0 Å². The van der Waals surface area contributed by atoms with E-state index in [0.29, 0.717) is 10.6 Å². The van der Waals surface area contributed by atoms with Gasteiger partial charge in [0.2, 0.25) is 0 Å². The van der Waals surface area contributed by atoms with E-state index in [4.69, 9.17) is 17.3 Å². The Labute approximate surface area is 99.2 Å². The number of phenolic OH excluding ortho intramolecular Hbond substituents is 1. The molecule has 88 valence electrons. The fraction of sp³-hybridized carbons (Fsp3) is 0.500. The molecule has 0 spiro atoms. The summed E-state index contributed by atoms with van der Waals surface area (Å²) in [4.78, 5) is 0. The minimum absolute atomic E-state index is 0.350. The Kier molecular flexibility index (Phi) is 3.08. The second-order valence-corrected chi connectivity index (χ2v) is 4.88. The van der Waals surface area contributed by atoms with Crippen molar-refractivity contribution in [1.29, 1.82) is 0 Å². The summed E-state index contributed by atoms with van der Waals surface area (Å²) in [6.07, 6.45) is 4.59. The number of benzene rings is 1. The van der Waals surface area contributed by atoms with Crippen LogP contribution in [0, 0.1) is 5.82 Å². The van der Waals surface area contributed by atoms with Crippen LogP contribution in [-0.4, -0.2) is 5.11 Å². The first-order valence-corrected chi connectivity index (χ1v) is 5.89. The molecule has 0 aliphatic heterocycles. The zero-order valence-electron chi connectivity index (χ0n) is 8.97. The van der Waals surface area contributed by atoms with E-state index in [1.807, 2.05) is 0 Å². The highest BCUT2D eigenvalue weighted by molar-refractivity contribution is 6.31. The van der Waals surface area contributed by atoms with Crippen LogP contribution >= 0.6 is 11.6 Å². The number of hydrogen-bond donors (Lipinski definition) is 2. The molecule has 0 heterocycles. The number of aromatic hydroxyl groups is 1. The molecule has 1 fully saturated rings. The predicted octanol–water partition coefficient (Wildman–Crippen LogP) is 3.30. The highest BCUT2D eigenvalue weighted by Crippen LogP contribution is 2.43. The zero-order valence-corrected chi connectivity index (χ0v) is 9.73. The molecule has 4 heteroatoms. The van der Waals surface area contributed by atoms with Crippen LogP contribution in [-0.2, 0) is 5.54 Å². The van der Waals surface area contributed by atoms with Crippen LogP contribution in [0.15, 0.2) is 12.1 Å². The van der Waals surface area contributed by atoms with Crippen molar-refractivity contribution < 1.29 is 9.50 Å². The van der Waals surface area contributed by atoms with Gasteiger partial charge in [-0.15, -0.1) is 0 Å². The van der Waals surface area contributed by atoms with Gasteiger partial charge in [0.1, 0.15) is 0 Å². The molecule has 2 rings (SSSR count). The Hall–Kier alpha value is -0.800. The van der Waals surface area contributed by atoms with E-state index in [1.165, 1.54) is 6.07 Å². The highest BCUT2D eigenvalue weighted by atomic mass is 35.5. The fourth-order valence-electron chi connectivity index (χ4n) is 2.45. The molecule has 0 atom stereocenters. The average molecular weight is 244 g/mol. The first-order chi connectivity index (χ1) is 7.54. The molecule has 0 aromatic heterocycles. The van der Waals surface area contributed by atoms with Crippen LogP contribution in [0.1, 0.15) is 37.7 Å². The van der Waals surface area contributed by atoms with Crippen molar-refractivity contribution in [3.63, 3.8) is 0 Å². The van der Waals surface area contributed by atoms with E-state index < -0.39 is 17.1 Å². The third-order valence-electron chi connectivity index (χ3n) is 3.32. The molecule has 1 aromatic rings. The van der Waals surface area contributed by atoms with Crippen LogP contribution in [0.25, 0.3) is 0 Å². The van der Waals surface area contributed by atoms with Gasteiger partial charge in [0.05, 0.1) is 0 Å². The third kappa shape index (κ3) is 1.89. The van der Waals surface area contributed by atoms with Gasteiger partial charge < -0.3 is 10.8 Å². The van der Waals surface area contributed by atoms with Gasteiger partial charge in [0.25, 0.3) is 0 Å². The molecule has 1 aliphatic rings. The normalized spacial score (nSPS) is 19.7. The Bertz CT molecular complexity index is 402.